The van der Waals surface area contributed by atoms with Gasteiger partial charge < -0.3 is 15.2 Å². The molecule has 2 N–H and O–H groups in total. The molecule has 3 nitrogen and oxygen atoms in total. The van der Waals surface area contributed by atoms with Crippen LogP contribution in [0.1, 0.15) is 39.2 Å². The Bertz CT molecular complexity index is 375. The van der Waals surface area contributed by atoms with E-state index in [0.717, 1.165) is 24.2 Å². The van der Waals surface area contributed by atoms with Crippen LogP contribution in [-0.4, -0.2) is 29.9 Å². The number of aliphatic hydroxyl groups excluding tert-OH is 1. The molecule has 0 aliphatic carbocycles. The summed E-state index contributed by atoms with van der Waals surface area (Å²) in [5.41, 5.74) is 1.19. The van der Waals surface area contributed by atoms with Gasteiger partial charge in [-0.15, -0.1) is 0 Å². The minimum absolute atomic E-state index is 0.101. The summed E-state index contributed by atoms with van der Waals surface area (Å²) >= 11 is 0. The predicted octanol–water partition coefficient (Wildman–Crippen LogP) is 2.90. The molecule has 1 aromatic rings. The summed E-state index contributed by atoms with van der Waals surface area (Å²) in [5.74, 6) is 0.843. The van der Waals surface area contributed by atoms with Crippen LogP contribution in [0, 0.1) is 6.92 Å². The Morgan fingerprint density at radius 1 is 1.26 bits per heavy atom. The van der Waals surface area contributed by atoms with Crippen molar-refractivity contribution >= 4 is 0 Å². The first kappa shape index (κ1) is 16.0. The summed E-state index contributed by atoms with van der Waals surface area (Å²) in [7, 11) is 0. The van der Waals surface area contributed by atoms with Gasteiger partial charge in [0.1, 0.15) is 18.5 Å². The van der Waals surface area contributed by atoms with Gasteiger partial charge in [0.25, 0.3) is 0 Å². The van der Waals surface area contributed by atoms with Gasteiger partial charge in [-0.1, -0.05) is 32.0 Å². The summed E-state index contributed by atoms with van der Waals surface area (Å²) in [6, 6.07) is 7.86. The number of aliphatic hydroxyl groups is 1. The van der Waals surface area contributed by atoms with E-state index in [4.69, 9.17) is 4.74 Å². The second kappa shape index (κ2) is 7.51. The molecule has 19 heavy (non-hydrogen) atoms. The number of rotatable bonds is 8. The van der Waals surface area contributed by atoms with Crippen molar-refractivity contribution < 1.29 is 9.84 Å². The lowest BCUT2D eigenvalue weighted by molar-refractivity contribution is 0.0963. The summed E-state index contributed by atoms with van der Waals surface area (Å²) in [5, 5.41) is 13.4. The molecule has 1 aromatic carbocycles. The number of aryl methyl sites for hydroxylation is 1. The fourth-order valence-corrected chi connectivity index (χ4v) is 1.83. The molecule has 0 aliphatic rings. The molecule has 0 amide bonds. The van der Waals surface area contributed by atoms with Gasteiger partial charge in [0.05, 0.1) is 0 Å². The normalized spacial score (nSPS) is 13.3. The number of hydrogen-bond donors (Lipinski definition) is 2. The fraction of sp³-hybridized carbons (Fsp3) is 0.625. The lowest BCUT2D eigenvalue weighted by Gasteiger charge is -2.29. The van der Waals surface area contributed by atoms with E-state index in [1.807, 2.05) is 31.2 Å². The van der Waals surface area contributed by atoms with Crippen molar-refractivity contribution in [3.8, 4) is 5.75 Å². The average Bonchev–Trinajstić information content (AvgIpc) is 2.44. The molecule has 0 saturated carbocycles. The summed E-state index contributed by atoms with van der Waals surface area (Å²) < 4.78 is 5.64. The molecule has 0 fully saturated rings. The van der Waals surface area contributed by atoms with Crippen LogP contribution in [0.5, 0.6) is 5.75 Å². The van der Waals surface area contributed by atoms with Crippen LogP contribution in [0.25, 0.3) is 0 Å². The van der Waals surface area contributed by atoms with Crippen molar-refractivity contribution in [3.63, 3.8) is 0 Å². The highest BCUT2D eigenvalue weighted by molar-refractivity contribution is 5.31. The third-order valence-corrected chi connectivity index (χ3v) is 3.85. The Balaban J connectivity index is 2.36. The van der Waals surface area contributed by atoms with Gasteiger partial charge in [-0.3, -0.25) is 0 Å². The van der Waals surface area contributed by atoms with E-state index in [0.29, 0.717) is 13.2 Å². The third kappa shape index (κ3) is 5.21. The topological polar surface area (TPSA) is 41.5 Å². The molecule has 0 bridgehead atoms. The van der Waals surface area contributed by atoms with Gasteiger partial charge in [0.2, 0.25) is 0 Å². The molecule has 0 saturated heterocycles. The molecule has 1 rings (SSSR count). The summed E-state index contributed by atoms with van der Waals surface area (Å²) in [4.78, 5) is 0. The van der Waals surface area contributed by atoms with Gasteiger partial charge in [-0.2, -0.15) is 0 Å². The number of benzene rings is 1. The van der Waals surface area contributed by atoms with Gasteiger partial charge in [-0.25, -0.2) is 0 Å². The maximum Gasteiger partial charge on any atom is 0.122 e. The summed E-state index contributed by atoms with van der Waals surface area (Å²) in [6.07, 6.45) is 1.61. The minimum Gasteiger partial charge on any atom is -0.491 e. The molecule has 0 heterocycles. The van der Waals surface area contributed by atoms with E-state index < -0.39 is 6.10 Å². The highest BCUT2D eigenvalue weighted by Crippen LogP contribution is 2.16. The second-order valence-corrected chi connectivity index (χ2v) is 5.38. The average molecular weight is 265 g/mol. The van der Waals surface area contributed by atoms with E-state index in [1.165, 1.54) is 0 Å². The number of hydrogen-bond acceptors (Lipinski definition) is 3. The number of ether oxygens (including phenoxy) is 1. The lowest BCUT2D eigenvalue weighted by atomic mass is 9.95. The van der Waals surface area contributed by atoms with E-state index >= 15 is 0 Å². The molecule has 0 spiro atoms. The molecule has 108 valence electrons. The van der Waals surface area contributed by atoms with Crippen molar-refractivity contribution in [3.05, 3.63) is 29.8 Å². The lowest BCUT2D eigenvalue weighted by Crippen LogP contribution is -2.46. The van der Waals surface area contributed by atoms with Crippen LogP contribution in [0.3, 0.4) is 0 Å². The van der Waals surface area contributed by atoms with Crippen LogP contribution >= 0.6 is 0 Å². The van der Waals surface area contributed by atoms with Crippen LogP contribution in [0.2, 0.25) is 0 Å². The van der Waals surface area contributed by atoms with Crippen LogP contribution < -0.4 is 10.1 Å². The Morgan fingerprint density at radius 3 is 2.47 bits per heavy atom. The van der Waals surface area contributed by atoms with Gasteiger partial charge >= 0.3 is 0 Å². The summed E-state index contributed by atoms with van der Waals surface area (Å²) in [6.45, 7) is 9.39. The Labute approximate surface area is 117 Å². The standard InChI is InChI=1S/C16H27NO2/c1-5-16(4,6-2)17-11-14(18)12-19-15-10-8-7-9-13(15)3/h7-10,14,17-18H,5-6,11-12H2,1-4H3. The van der Waals surface area contributed by atoms with Crippen molar-refractivity contribution in [1.29, 1.82) is 0 Å². The zero-order valence-corrected chi connectivity index (χ0v) is 12.6. The molecule has 0 aromatic heterocycles. The van der Waals surface area contributed by atoms with Gasteiger partial charge in [0, 0.05) is 12.1 Å². The Kier molecular flexibility index (Phi) is 6.32. The zero-order chi connectivity index (χ0) is 14.3. The quantitative estimate of drug-likeness (QED) is 0.759. The Morgan fingerprint density at radius 2 is 1.89 bits per heavy atom. The maximum absolute atomic E-state index is 9.97. The molecular weight excluding hydrogens is 238 g/mol. The smallest absolute Gasteiger partial charge is 0.122 e. The molecule has 1 atom stereocenters. The van der Waals surface area contributed by atoms with Gasteiger partial charge in [-0.05, 0) is 38.3 Å². The highest BCUT2D eigenvalue weighted by atomic mass is 16.5. The fourth-order valence-electron chi connectivity index (χ4n) is 1.83. The maximum atomic E-state index is 9.97. The highest BCUT2D eigenvalue weighted by Gasteiger charge is 2.19. The van der Waals surface area contributed by atoms with Gasteiger partial charge in [0.15, 0.2) is 0 Å². The number of nitrogens with one attached hydrogen (secondary N) is 1. The predicted molar refractivity (Wildman–Crippen MR) is 79.7 cm³/mol. The SMILES string of the molecule is CCC(C)(CC)NCC(O)COc1ccccc1C. The van der Waals surface area contributed by atoms with E-state index in [-0.39, 0.29) is 5.54 Å². The molecule has 0 radical (unpaired) electrons. The Hall–Kier alpha value is -1.06. The zero-order valence-electron chi connectivity index (χ0n) is 12.6. The van der Waals surface area contributed by atoms with Crippen LogP contribution in [-0.2, 0) is 0 Å². The molecule has 1 unspecified atom stereocenters. The van der Waals surface area contributed by atoms with Crippen LogP contribution in [0.4, 0.5) is 0 Å². The largest absolute Gasteiger partial charge is 0.491 e. The van der Waals surface area contributed by atoms with Crippen molar-refractivity contribution in [2.45, 2.75) is 52.2 Å². The first-order chi connectivity index (χ1) is 9.00. The van der Waals surface area contributed by atoms with Crippen molar-refractivity contribution in [2.75, 3.05) is 13.2 Å². The third-order valence-electron chi connectivity index (χ3n) is 3.85. The first-order valence-electron chi connectivity index (χ1n) is 7.12. The van der Waals surface area contributed by atoms with E-state index in [9.17, 15) is 5.11 Å². The molecule has 0 aliphatic heterocycles. The molecule has 3 heteroatoms. The monoisotopic (exact) mass is 265 g/mol. The first-order valence-corrected chi connectivity index (χ1v) is 7.12. The van der Waals surface area contributed by atoms with E-state index in [1.54, 1.807) is 0 Å². The number of β-amino-alcohol motifs (C(OH)–C–C–N with tert-alkyl or cyclic N) is 1. The second-order valence-electron chi connectivity index (χ2n) is 5.38. The number of para-hydroxylation sites is 1. The molecular formula is C16H27NO2. The van der Waals surface area contributed by atoms with Crippen molar-refractivity contribution in [2.24, 2.45) is 0 Å². The van der Waals surface area contributed by atoms with E-state index in [2.05, 4.69) is 26.1 Å². The van der Waals surface area contributed by atoms with Crippen molar-refractivity contribution in [1.82, 2.24) is 5.32 Å². The van der Waals surface area contributed by atoms with Crippen LogP contribution in [0.15, 0.2) is 24.3 Å². The minimum atomic E-state index is -0.489.